The van der Waals surface area contributed by atoms with Gasteiger partial charge in [0.15, 0.2) is 9.84 Å². The van der Waals surface area contributed by atoms with Crippen LogP contribution in [0.4, 0.5) is 0 Å². The zero-order chi connectivity index (χ0) is 13.9. The molecule has 0 radical (unpaired) electrons. The Bertz CT molecular complexity index is 545. The number of sulfone groups is 1. The van der Waals surface area contributed by atoms with Gasteiger partial charge in [-0.05, 0) is 31.0 Å². The van der Waals surface area contributed by atoms with Crippen molar-refractivity contribution in [1.82, 2.24) is 5.32 Å². The Hall–Kier alpha value is -0.590. The number of benzene rings is 1. The summed E-state index contributed by atoms with van der Waals surface area (Å²) in [4.78, 5) is 0. The molecule has 1 saturated heterocycles. The molecular formula is C13H18BrNO3S. The monoisotopic (exact) mass is 347 g/mol. The van der Waals surface area contributed by atoms with Gasteiger partial charge in [-0.2, -0.15) is 0 Å². The molecule has 6 heteroatoms. The highest BCUT2D eigenvalue weighted by Gasteiger charge is 2.24. The first-order valence-corrected chi connectivity index (χ1v) is 8.88. The predicted molar refractivity (Wildman–Crippen MR) is 79.2 cm³/mol. The molecule has 1 aliphatic rings. The summed E-state index contributed by atoms with van der Waals surface area (Å²) >= 11 is 3.43. The molecule has 1 fully saturated rings. The van der Waals surface area contributed by atoms with E-state index in [1.165, 1.54) is 0 Å². The fourth-order valence-corrected chi connectivity index (χ4v) is 4.40. The van der Waals surface area contributed by atoms with Gasteiger partial charge in [0.1, 0.15) is 5.75 Å². The van der Waals surface area contributed by atoms with E-state index in [1.807, 2.05) is 18.2 Å². The number of ether oxygens (including phenoxy) is 1. The van der Waals surface area contributed by atoms with Crippen molar-refractivity contribution in [2.45, 2.75) is 25.4 Å². The van der Waals surface area contributed by atoms with Crippen molar-refractivity contribution in [3.63, 3.8) is 0 Å². The summed E-state index contributed by atoms with van der Waals surface area (Å²) in [7, 11) is -1.23. The van der Waals surface area contributed by atoms with Crippen LogP contribution in [0.5, 0.6) is 5.75 Å². The third kappa shape index (κ3) is 4.19. The van der Waals surface area contributed by atoms with Crippen molar-refractivity contribution in [1.29, 1.82) is 0 Å². The summed E-state index contributed by atoms with van der Waals surface area (Å²) in [6.07, 6.45) is 1.66. The molecule has 0 saturated carbocycles. The molecule has 0 spiro atoms. The van der Waals surface area contributed by atoms with Crippen molar-refractivity contribution >= 4 is 25.8 Å². The molecule has 1 aromatic rings. The minimum atomic E-state index is -2.86. The molecule has 106 valence electrons. The molecular weight excluding hydrogens is 330 g/mol. The second-order valence-corrected chi connectivity index (χ2v) is 7.93. The standard InChI is InChI=1S/C13H18BrNO3S/c1-18-13-5-4-11(14)7-10(13)8-15-12-3-2-6-19(16,17)9-12/h4-5,7,12,15H,2-3,6,8-9H2,1H3. The van der Waals surface area contributed by atoms with Gasteiger partial charge in [-0.3, -0.25) is 0 Å². The Morgan fingerprint density at radius 2 is 2.26 bits per heavy atom. The third-order valence-corrected chi connectivity index (χ3v) is 5.60. The van der Waals surface area contributed by atoms with Gasteiger partial charge in [-0.1, -0.05) is 15.9 Å². The average Bonchev–Trinajstić information content (AvgIpc) is 2.35. The molecule has 19 heavy (non-hydrogen) atoms. The molecule has 1 unspecified atom stereocenters. The summed E-state index contributed by atoms with van der Waals surface area (Å²) in [5.41, 5.74) is 1.03. The van der Waals surface area contributed by atoms with Gasteiger partial charge in [0.2, 0.25) is 0 Å². The van der Waals surface area contributed by atoms with Crippen LogP contribution in [0.2, 0.25) is 0 Å². The lowest BCUT2D eigenvalue weighted by molar-refractivity contribution is 0.403. The normalized spacial score (nSPS) is 22.1. The Morgan fingerprint density at radius 1 is 1.47 bits per heavy atom. The zero-order valence-corrected chi connectivity index (χ0v) is 13.3. The van der Waals surface area contributed by atoms with E-state index < -0.39 is 9.84 Å². The average molecular weight is 348 g/mol. The van der Waals surface area contributed by atoms with E-state index in [9.17, 15) is 8.42 Å². The van der Waals surface area contributed by atoms with Crippen LogP contribution >= 0.6 is 15.9 Å². The van der Waals surface area contributed by atoms with Crippen LogP contribution in [0.1, 0.15) is 18.4 Å². The molecule has 0 aliphatic carbocycles. The zero-order valence-electron chi connectivity index (χ0n) is 10.9. The van der Waals surface area contributed by atoms with E-state index in [0.29, 0.717) is 12.3 Å². The van der Waals surface area contributed by atoms with Crippen LogP contribution < -0.4 is 10.1 Å². The van der Waals surface area contributed by atoms with Gasteiger partial charge in [0, 0.05) is 22.6 Å². The molecule has 1 aromatic carbocycles. The van der Waals surface area contributed by atoms with Crippen molar-refractivity contribution in [2.24, 2.45) is 0 Å². The van der Waals surface area contributed by atoms with Crippen molar-refractivity contribution < 1.29 is 13.2 Å². The molecule has 1 heterocycles. The van der Waals surface area contributed by atoms with Crippen LogP contribution in [0, 0.1) is 0 Å². The molecule has 0 aromatic heterocycles. The highest BCUT2D eigenvalue weighted by molar-refractivity contribution is 9.10. The number of methoxy groups -OCH3 is 1. The topological polar surface area (TPSA) is 55.4 Å². The highest BCUT2D eigenvalue weighted by atomic mass is 79.9. The first kappa shape index (κ1) is 14.8. The van der Waals surface area contributed by atoms with E-state index in [2.05, 4.69) is 21.2 Å². The molecule has 4 nitrogen and oxygen atoms in total. The lowest BCUT2D eigenvalue weighted by Crippen LogP contribution is -2.39. The van der Waals surface area contributed by atoms with Gasteiger partial charge < -0.3 is 10.1 Å². The maximum Gasteiger partial charge on any atom is 0.151 e. The molecule has 1 atom stereocenters. The number of halogens is 1. The van der Waals surface area contributed by atoms with Crippen LogP contribution in [0.25, 0.3) is 0 Å². The number of rotatable bonds is 4. The minimum Gasteiger partial charge on any atom is -0.496 e. The maximum atomic E-state index is 11.6. The number of hydrogen-bond donors (Lipinski definition) is 1. The smallest absolute Gasteiger partial charge is 0.151 e. The van der Waals surface area contributed by atoms with E-state index in [-0.39, 0.29) is 11.8 Å². The van der Waals surface area contributed by atoms with Crippen LogP contribution in [-0.2, 0) is 16.4 Å². The van der Waals surface area contributed by atoms with Crippen molar-refractivity contribution in [3.05, 3.63) is 28.2 Å². The summed E-state index contributed by atoms with van der Waals surface area (Å²) in [5, 5.41) is 3.32. The summed E-state index contributed by atoms with van der Waals surface area (Å²) in [5.74, 6) is 1.38. The number of nitrogens with one attached hydrogen (secondary N) is 1. The van der Waals surface area contributed by atoms with Crippen molar-refractivity contribution in [2.75, 3.05) is 18.6 Å². The number of hydrogen-bond acceptors (Lipinski definition) is 4. The van der Waals surface area contributed by atoms with E-state index in [0.717, 1.165) is 28.6 Å². The predicted octanol–water partition coefficient (Wildman–Crippen LogP) is 2.12. The Morgan fingerprint density at radius 3 is 2.95 bits per heavy atom. The fourth-order valence-electron chi connectivity index (χ4n) is 2.32. The Kier molecular flexibility index (Phi) is 4.86. The summed E-state index contributed by atoms with van der Waals surface area (Å²) in [6.45, 7) is 0.614. The lowest BCUT2D eigenvalue weighted by Gasteiger charge is -2.23. The van der Waals surface area contributed by atoms with Crippen LogP contribution in [0.15, 0.2) is 22.7 Å². The van der Waals surface area contributed by atoms with Crippen LogP contribution in [-0.4, -0.2) is 33.1 Å². The molecule has 1 N–H and O–H groups in total. The second-order valence-electron chi connectivity index (χ2n) is 4.79. The molecule has 1 aliphatic heterocycles. The SMILES string of the molecule is COc1ccc(Br)cc1CNC1CCCS(=O)(=O)C1. The van der Waals surface area contributed by atoms with Gasteiger partial charge in [-0.25, -0.2) is 8.42 Å². The van der Waals surface area contributed by atoms with E-state index in [4.69, 9.17) is 4.74 Å². The molecule has 0 amide bonds. The van der Waals surface area contributed by atoms with Gasteiger partial charge in [0.25, 0.3) is 0 Å². The van der Waals surface area contributed by atoms with Gasteiger partial charge >= 0.3 is 0 Å². The fraction of sp³-hybridized carbons (Fsp3) is 0.538. The minimum absolute atomic E-state index is 0.0439. The largest absolute Gasteiger partial charge is 0.496 e. The summed E-state index contributed by atoms with van der Waals surface area (Å²) in [6, 6.07) is 5.86. The lowest BCUT2D eigenvalue weighted by atomic mass is 10.1. The first-order chi connectivity index (χ1) is 9.00. The van der Waals surface area contributed by atoms with Gasteiger partial charge in [0.05, 0.1) is 18.6 Å². The van der Waals surface area contributed by atoms with E-state index >= 15 is 0 Å². The molecule has 0 bridgehead atoms. The summed E-state index contributed by atoms with van der Waals surface area (Å²) < 4.78 is 29.4. The first-order valence-electron chi connectivity index (χ1n) is 6.26. The molecule has 2 rings (SSSR count). The quantitative estimate of drug-likeness (QED) is 0.906. The van der Waals surface area contributed by atoms with Gasteiger partial charge in [-0.15, -0.1) is 0 Å². The third-order valence-electron chi connectivity index (χ3n) is 3.29. The van der Waals surface area contributed by atoms with Crippen molar-refractivity contribution in [3.8, 4) is 5.75 Å². The Labute approximate surface area is 122 Å². The maximum absolute atomic E-state index is 11.6. The van der Waals surface area contributed by atoms with E-state index in [1.54, 1.807) is 7.11 Å². The second kappa shape index (κ2) is 6.24. The Balaban J connectivity index is 2.00. The highest BCUT2D eigenvalue weighted by Crippen LogP contribution is 2.23. The van der Waals surface area contributed by atoms with Crippen LogP contribution in [0.3, 0.4) is 0 Å².